The standard InChI is InChI=1S/C15H19ClFNO/c1-10-7-11(9-12(17)8-10)15(19)18(2)14-6-4-3-5-13(14)16/h7-9,13-14H,3-6H2,1-2H3. The Morgan fingerprint density at radius 1 is 1.32 bits per heavy atom. The van der Waals surface area contributed by atoms with Gasteiger partial charge in [0, 0.05) is 18.7 Å². The smallest absolute Gasteiger partial charge is 0.254 e. The first-order chi connectivity index (χ1) is 8.99. The van der Waals surface area contributed by atoms with Crippen LogP contribution in [0.4, 0.5) is 4.39 Å². The average Bonchev–Trinajstić information content (AvgIpc) is 2.36. The van der Waals surface area contributed by atoms with Gasteiger partial charge in [0.25, 0.3) is 5.91 Å². The van der Waals surface area contributed by atoms with Gasteiger partial charge in [-0.3, -0.25) is 4.79 Å². The molecule has 0 heterocycles. The number of aryl methyl sites for hydroxylation is 1. The molecule has 0 radical (unpaired) electrons. The van der Waals surface area contributed by atoms with E-state index in [1.165, 1.54) is 12.1 Å². The van der Waals surface area contributed by atoms with Crippen LogP contribution in [-0.2, 0) is 0 Å². The first-order valence-corrected chi connectivity index (χ1v) is 7.11. The van der Waals surface area contributed by atoms with Crippen LogP contribution >= 0.6 is 11.6 Å². The molecule has 1 fully saturated rings. The van der Waals surface area contributed by atoms with E-state index < -0.39 is 0 Å². The molecule has 1 saturated carbocycles. The number of amides is 1. The molecule has 1 amide bonds. The van der Waals surface area contributed by atoms with Crippen LogP contribution in [0.1, 0.15) is 41.6 Å². The number of carbonyl (C=O) groups is 1. The van der Waals surface area contributed by atoms with Gasteiger partial charge in [0.1, 0.15) is 5.82 Å². The van der Waals surface area contributed by atoms with Crippen LogP contribution in [-0.4, -0.2) is 29.3 Å². The summed E-state index contributed by atoms with van der Waals surface area (Å²) in [5.74, 6) is -0.525. The molecular formula is C15H19ClFNO. The average molecular weight is 284 g/mol. The second-order valence-electron chi connectivity index (χ2n) is 5.30. The Balaban J connectivity index is 2.18. The maximum atomic E-state index is 13.4. The van der Waals surface area contributed by atoms with Gasteiger partial charge < -0.3 is 4.90 Å². The number of benzene rings is 1. The summed E-state index contributed by atoms with van der Waals surface area (Å²) in [7, 11) is 1.76. The first kappa shape index (κ1) is 14.3. The topological polar surface area (TPSA) is 20.3 Å². The van der Waals surface area contributed by atoms with Gasteiger partial charge >= 0.3 is 0 Å². The molecule has 0 aromatic heterocycles. The van der Waals surface area contributed by atoms with Crippen molar-refractivity contribution < 1.29 is 9.18 Å². The molecule has 0 saturated heterocycles. The highest BCUT2D eigenvalue weighted by Gasteiger charge is 2.29. The Kier molecular flexibility index (Phi) is 4.46. The Bertz CT molecular complexity index is 457. The van der Waals surface area contributed by atoms with E-state index in [-0.39, 0.29) is 23.1 Å². The molecule has 19 heavy (non-hydrogen) atoms. The van der Waals surface area contributed by atoms with E-state index in [0.29, 0.717) is 5.56 Å². The normalized spacial score (nSPS) is 23.2. The molecular weight excluding hydrogens is 265 g/mol. The summed E-state index contributed by atoms with van der Waals surface area (Å²) in [6.07, 6.45) is 4.07. The second-order valence-corrected chi connectivity index (χ2v) is 5.86. The minimum absolute atomic E-state index is 0.00245. The van der Waals surface area contributed by atoms with Crippen molar-refractivity contribution in [3.63, 3.8) is 0 Å². The summed E-state index contributed by atoms with van der Waals surface area (Å²) in [5.41, 5.74) is 1.15. The van der Waals surface area contributed by atoms with E-state index in [0.717, 1.165) is 31.2 Å². The maximum Gasteiger partial charge on any atom is 0.254 e. The number of carbonyl (C=O) groups excluding carboxylic acids is 1. The zero-order chi connectivity index (χ0) is 14.0. The predicted molar refractivity (Wildman–Crippen MR) is 75.1 cm³/mol. The fourth-order valence-electron chi connectivity index (χ4n) is 2.72. The third kappa shape index (κ3) is 3.27. The number of hydrogen-bond donors (Lipinski definition) is 0. The Morgan fingerprint density at radius 2 is 2.00 bits per heavy atom. The van der Waals surface area contributed by atoms with E-state index >= 15 is 0 Å². The predicted octanol–water partition coefficient (Wildman–Crippen LogP) is 3.76. The Hall–Kier alpha value is -1.09. The lowest BCUT2D eigenvalue weighted by atomic mass is 9.93. The molecule has 4 heteroatoms. The molecule has 0 bridgehead atoms. The van der Waals surface area contributed by atoms with Crippen molar-refractivity contribution in [1.29, 1.82) is 0 Å². The number of halogens is 2. The van der Waals surface area contributed by atoms with Gasteiger partial charge in [-0.2, -0.15) is 0 Å². The highest BCUT2D eigenvalue weighted by molar-refractivity contribution is 6.21. The summed E-state index contributed by atoms with van der Waals surface area (Å²) in [4.78, 5) is 14.1. The van der Waals surface area contributed by atoms with Crippen molar-refractivity contribution >= 4 is 17.5 Å². The number of nitrogens with zero attached hydrogens (tertiary/aromatic N) is 1. The number of hydrogen-bond acceptors (Lipinski definition) is 1. The molecule has 1 aromatic carbocycles. The fourth-order valence-corrected chi connectivity index (χ4v) is 3.17. The van der Waals surface area contributed by atoms with Crippen LogP contribution < -0.4 is 0 Å². The maximum absolute atomic E-state index is 13.4. The minimum Gasteiger partial charge on any atom is -0.337 e. The number of alkyl halides is 1. The monoisotopic (exact) mass is 283 g/mol. The van der Waals surface area contributed by atoms with Crippen LogP contribution in [0.15, 0.2) is 18.2 Å². The SMILES string of the molecule is Cc1cc(F)cc(C(=O)N(C)C2CCCCC2Cl)c1. The zero-order valence-corrected chi connectivity index (χ0v) is 12.1. The molecule has 0 aliphatic heterocycles. The van der Waals surface area contributed by atoms with Crippen LogP contribution in [0.25, 0.3) is 0 Å². The highest BCUT2D eigenvalue weighted by atomic mass is 35.5. The third-order valence-electron chi connectivity index (χ3n) is 3.75. The summed E-state index contributed by atoms with van der Waals surface area (Å²) in [5, 5.41) is -0.00245. The van der Waals surface area contributed by atoms with Gasteiger partial charge in [-0.1, -0.05) is 12.8 Å². The lowest BCUT2D eigenvalue weighted by Crippen LogP contribution is -2.44. The van der Waals surface area contributed by atoms with Gasteiger partial charge in [-0.15, -0.1) is 11.6 Å². The molecule has 2 unspecified atom stereocenters. The van der Waals surface area contributed by atoms with Gasteiger partial charge in [0.2, 0.25) is 0 Å². The van der Waals surface area contributed by atoms with Gasteiger partial charge in [0.05, 0.1) is 5.38 Å². The first-order valence-electron chi connectivity index (χ1n) is 6.67. The van der Waals surface area contributed by atoms with Crippen molar-refractivity contribution in [2.24, 2.45) is 0 Å². The minimum atomic E-state index is -0.372. The van der Waals surface area contributed by atoms with Crippen LogP contribution in [0.2, 0.25) is 0 Å². The van der Waals surface area contributed by atoms with Crippen molar-refractivity contribution in [1.82, 2.24) is 4.90 Å². The molecule has 104 valence electrons. The summed E-state index contributed by atoms with van der Waals surface area (Å²) in [6.45, 7) is 1.78. The molecule has 0 spiro atoms. The third-order valence-corrected chi connectivity index (χ3v) is 4.26. The second kappa shape index (κ2) is 5.91. The lowest BCUT2D eigenvalue weighted by Gasteiger charge is -2.35. The molecule has 2 rings (SSSR count). The molecule has 2 atom stereocenters. The lowest BCUT2D eigenvalue weighted by molar-refractivity contribution is 0.0700. The van der Waals surface area contributed by atoms with Crippen LogP contribution in [0.5, 0.6) is 0 Å². The molecule has 1 aliphatic rings. The highest BCUT2D eigenvalue weighted by Crippen LogP contribution is 2.27. The molecule has 1 aromatic rings. The van der Waals surface area contributed by atoms with E-state index in [1.807, 2.05) is 0 Å². The van der Waals surface area contributed by atoms with Crippen molar-refractivity contribution in [2.75, 3.05) is 7.05 Å². The van der Waals surface area contributed by atoms with Gasteiger partial charge in [0.15, 0.2) is 0 Å². The quantitative estimate of drug-likeness (QED) is 0.757. The van der Waals surface area contributed by atoms with Crippen molar-refractivity contribution in [3.8, 4) is 0 Å². The van der Waals surface area contributed by atoms with E-state index in [2.05, 4.69) is 0 Å². The Morgan fingerprint density at radius 3 is 2.63 bits per heavy atom. The van der Waals surface area contributed by atoms with Gasteiger partial charge in [-0.25, -0.2) is 4.39 Å². The van der Waals surface area contributed by atoms with Crippen molar-refractivity contribution in [2.45, 2.75) is 44.0 Å². The van der Waals surface area contributed by atoms with E-state index in [9.17, 15) is 9.18 Å². The van der Waals surface area contributed by atoms with Crippen LogP contribution in [0.3, 0.4) is 0 Å². The molecule has 0 N–H and O–H groups in total. The summed E-state index contributed by atoms with van der Waals surface area (Å²) >= 11 is 6.30. The molecule has 2 nitrogen and oxygen atoms in total. The fraction of sp³-hybridized carbons (Fsp3) is 0.533. The number of rotatable bonds is 2. The van der Waals surface area contributed by atoms with Crippen LogP contribution in [0, 0.1) is 12.7 Å². The Labute approximate surface area is 118 Å². The zero-order valence-electron chi connectivity index (χ0n) is 11.3. The summed E-state index contributed by atoms with van der Waals surface area (Å²) < 4.78 is 13.4. The van der Waals surface area contributed by atoms with Gasteiger partial charge in [-0.05, 0) is 43.5 Å². The molecule has 1 aliphatic carbocycles. The largest absolute Gasteiger partial charge is 0.337 e. The van der Waals surface area contributed by atoms with Crippen molar-refractivity contribution in [3.05, 3.63) is 35.1 Å². The summed E-state index contributed by atoms with van der Waals surface area (Å²) in [6, 6.07) is 4.47. The van der Waals surface area contributed by atoms with E-state index in [4.69, 9.17) is 11.6 Å². The van der Waals surface area contributed by atoms with E-state index in [1.54, 1.807) is 24.9 Å².